The van der Waals surface area contributed by atoms with Crippen LogP contribution in [-0.2, 0) is 6.42 Å². The van der Waals surface area contributed by atoms with Crippen LogP contribution < -0.4 is 15.4 Å². The predicted molar refractivity (Wildman–Crippen MR) is 126 cm³/mol. The van der Waals surface area contributed by atoms with Crippen LogP contribution >= 0.6 is 11.3 Å². The predicted octanol–water partition coefficient (Wildman–Crippen LogP) is 4.51. The number of hydrogen-bond acceptors (Lipinski definition) is 9. The summed E-state index contributed by atoms with van der Waals surface area (Å²) >= 11 is 1.41. The van der Waals surface area contributed by atoms with Gasteiger partial charge in [0.15, 0.2) is 5.69 Å². The van der Waals surface area contributed by atoms with E-state index in [1.807, 2.05) is 38.1 Å². The molecule has 10 heteroatoms. The van der Waals surface area contributed by atoms with Gasteiger partial charge < -0.3 is 25.9 Å². The summed E-state index contributed by atoms with van der Waals surface area (Å²) in [7, 11) is 0. The number of ether oxygens (including phenoxy) is 1. The number of aromatic carboxylic acids is 1. The molecule has 4 N–H and O–H groups in total. The maximum absolute atomic E-state index is 11.2. The minimum absolute atomic E-state index is 0.142. The number of carbonyl (C=O) groups is 1. The van der Waals surface area contributed by atoms with E-state index in [-0.39, 0.29) is 11.7 Å². The average Bonchev–Trinajstić information content (AvgIpc) is 3.13. The van der Waals surface area contributed by atoms with Gasteiger partial charge >= 0.3 is 5.97 Å². The van der Waals surface area contributed by atoms with Gasteiger partial charge in [0.05, 0.1) is 17.2 Å². The van der Waals surface area contributed by atoms with Crippen LogP contribution in [0.3, 0.4) is 0 Å². The molecule has 0 saturated carbocycles. The van der Waals surface area contributed by atoms with Gasteiger partial charge in [-0.1, -0.05) is 0 Å². The van der Waals surface area contributed by atoms with Crippen LogP contribution in [-0.4, -0.2) is 44.9 Å². The first-order valence-corrected chi connectivity index (χ1v) is 11.0. The normalized spacial score (nSPS) is 10.8. The summed E-state index contributed by atoms with van der Waals surface area (Å²) in [6.45, 7) is 6.29. The van der Waals surface area contributed by atoms with Crippen LogP contribution in [0.2, 0.25) is 0 Å². The maximum atomic E-state index is 11.2. The van der Waals surface area contributed by atoms with Gasteiger partial charge in [-0.3, -0.25) is 0 Å². The summed E-state index contributed by atoms with van der Waals surface area (Å²) in [5.41, 5.74) is 1.53. The molecule has 32 heavy (non-hydrogen) atoms. The van der Waals surface area contributed by atoms with Gasteiger partial charge in [0.25, 0.3) is 0 Å². The van der Waals surface area contributed by atoms with Crippen LogP contribution in [0.1, 0.15) is 46.2 Å². The molecular formula is C22H26N6O3S. The topological polar surface area (TPSA) is 133 Å². The molecular weight excluding hydrogens is 428 g/mol. The lowest BCUT2D eigenvalue weighted by atomic mass is 10.2. The van der Waals surface area contributed by atoms with Gasteiger partial charge in [-0.05, 0) is 57.9 Å². The molecule has 0 unspecified atom stereocenters. The number of hydrogen-bond donors (Lipinski definition) is 4. The van der Waals surface area contributed by atoms with Crippen LogP contribution in [0.4, 0.5) is 17.3 Å². The number of thiazole rings is 1. The van der Waals surface area contributed by atoms with Crippen LogP contribution in [0.15, 0.2) is 30.6 Å². The summed E-state index contributed by atoms with van der Waals surface area (Å²) in [6.07, 6.45) is 3.99. The van der Waals surface area contributed by atoms with E-state index in [1.165, 1.54) is 23.9 Å². The highest BCUT2D eigenvalue weighted by Crippen LogP contribution is 2.24. The molecule has 0 bridgehead atoms. The Labute approximate surface area is 190 Å². The Morgan fingerprint density at radius 2 is 1.97 bits per heavy atom. The molecule has 0 aliphatic heterocycles. The minimum atomic E-state index is -0.990. The van der Waals surface area contributed by atoms with E-state index in [0.29, 0.717) is 42.4 Å². The van der Waals surface area contributed by atoms with Crippen molar-refractivity contribution in [2.24, 2.45) is 0 Å². The number of aromatic nitrogens is 3. The summed E-state index contributed by atoms with van der Waals surface area (Å²) in [6, 6.07) is 7.62. The molecule has 0 radical (unpaired) electrons. The van der Waals surface area contributed by atoms with Crippen molar-refractivity contribution >= 4 is 40.8 Å². The number of carboxylic acids is 1. The summed E-state index contributed by atoms with van der Waals surface area (Å²) in [4.78, 5) is 24.6. The lowest BCUT2D eigenvalue weighted by Gasteiger charge is -2.15. The van der Waals surface area contributed by atoms with Crippen LogP contribution in [0, 0.1) is 12.3 Å². The second kappa shape index (κ2) is 10.7. The molecule has 0 fully saturated rings. The molecule has 2 heterocycles. The van der Waals surface area contributed by atoms with E-state index in [1.54, 1.807) is 6.92 Å². The Kier molecular flexibility index (Phi) is 7.72. The molecule has 1 aromatic carbocycles. The highest BCUT2D eigenvalue weighted by atomic mass is 32.1. The Morgan fingerprint density at radius 3 is 2.62 bits per heavy atom. The molecule has 3 aromatic rings. The standard InChI is InChI=1S/C22H26N6O3S/c1-13(2)26-20-17(11-23)21(25-12-24-20)28-15-6-8-16(9-7-15)31-10-4-5-18-19(22(29)30)27-14(3)32-18/h6-9,11-13,23H,4-5,10H2,1-3H3,(H,29,30)(H2,24,25,26,28). The molecule has 0 spiro atoms. The fourth-order valence-electron chi connectivity index (χ4n) is 3.02. The van der Waals surface area contributed by atoms with Crippen molar-refractivity contribution in [3.63, 3.8) is 0 Å². The van der Waals surface area contributed by atoms with Crippen molar-refractivity contribution in [1.29, 1.82) is 5.41 Å². The third-order valence-corrected chi connectivity index (χ3v) is 5.43. The van der Waals surface area contributed by atoms with Crippen molar-refractivity contribution in [2.45, 2.75) is 39.7 Å². The molecule has 2 aromatic heterocycles. The van der Waals surface area contributed by atoms with E-state index >= 15 is 0 Å². The largest absolute Gasteiger partial charge is 0.494 e. The first kappa shape index (κ1) is 23.1. The first-order chi connectivity index (χ1) is 15.4. The summed E-state index contributed by atoms with van der Waals surface area (Å²) < 4.78 is 5.79. The molecule has 0 aliphatic carbocycles. The molecule has 3 rings (SSSR count). The van der Waals surface area contributed by atoms with Crippen molar-refractivity contribution in [3.8, 4) is 5.75 Å². The lowest BCUT2D eigenvalue weighted by molar-refractivity contribution is 0.0690. The second-order valence-electron chi connectivity index (χ2n) is 7.34. The first-order valence-electron chi connectivity index (χ1n) is 10.2. The third kappa shape index (κ3) is 6.01. The molecule has 0 atom stereocenters. The highest BCUT2D eigenvalue weighted by molar-refractivity contribution is 7.11. The van der Waals surface area contributed by atoms with Crippen molar-refractivity contribution in [3.05, 3.63) is 51.7 Å². The fourth-order valence-corrected chi connectivity index (χ4v) is 3.99. The monoisotopic (exact) mass is 454 g/mol. The molecule has 9 nitrogen and oxygen atoms in total. The van der Waals surface area contributed by atoms with E-state index in [4.69, 9.17) is 10.1 Å². The Balaban J connectivity index is 1.56. The highest BCUT2D eigenvalue weighted by Gasteiger charge is 2.15. The molecule has 0 aliphatic rings. The maximum Gasteiger partial charge on any atom is 0.355 e. The molecule has 168 valence electrons. The zero-order chi connectivity index (χ0) is 23.1. The van der Waals surface area contributed by atoms with Crippen molar-refractivity contribution < 1.29 is 14.6 Å². The zero-order valence-electron chi connectivity index (χ0n) is 18.2. The SMILES string of the molecule is Cc1nc(C(=O)O)c(CCCOc2ccc(Nc3ncnc(NC(C)C)c3C=N)cc2)s1. The van der Waals surface area contributed by atoms with E-state index in [2.05, 4.69) is 25.6 Å². The number of nitrogens with one attached hydrogen (secondary N) is 3. The van der Waals surface area contributed by atoms with Gasteiger partial charge in [-0.2, -0.15) is 0 Å². The quantitative estimate of drug-likeness (QED) is 0.246. The van der Waals surface area contributed by atoms with E-state index in [9.17, 15) is 9.90 Å². The third-order valence-electron chi connectivity index (χ3n) is 4.39. The van der Waals surface area contributed by atoms with Crippen molar-refractivity contribution in [2.75, 3.05) is 17.2 Å². The van der Waals surface area contributed by atoms with Crippen LogP contribution in [0.25, 0.3) is 0 Å². The Hall–Kier alpha value is -3.53. The number of benzene rings is 1. The van der Waals surface area contributed by atoms with Gasteiger partial charge in [-0.15, -0.1) is 11.3 Å². The minimum Gasteiger partial charge on any atom is -0.494 e. The van der Waals surface area contributed by atoms with Gasteiger partial charge in [0.2, 0.25) is 0 Å². The average molecular weight is 455 g/mol. The Bertz CT molecular complexity index is 1080. The summed E-state index contributed by atoms with van der Waals surface area (Å²) in [5.74, 6) is 0.873. The summed E-state index contributed by atoms with van der Waals surface area (Å²) in [5, 5.41) is 24.1. The van der Waals surface area contributed by atoms with E-state index in [0.717, 1.165) is 15.6 Å². The Morgan fingerprint density at radius 1 is 1.25 bits per heavy atom. The van der Waals surface area contributed by atoms with Crippen LogP contribution in [0.5, 0.6) is 5.75 Å². The van der Waals surface area contributed by atoms with Gasteiger partial charge in [-0.25, -0.2) is 19.7 Å². The number of nitrogens with zero attached hydrogens (tertiary/aromatic N) is 3. The molecule has 0 saturated heterocycles. The second-order valence-corrected chi connectivity index (χ2v) is 8.63. The molecule has 0 amide bonds. The fraction of sp³-hybridized carbons (Fsp3) is 0.318. The number of rotatable bonds is 11. The number of aryl methyl sites for hydroxylation is 2. The van der Waals surface area contributed by atoms with Crippen molar-refractivity contribution in [1.82, 2.24) is 15.0 Å². The van der Waals surface area contributed by atoms with E-state index < -0.39 is 5.97 Å². The van der Waals surface area contributed by atoms with Gasteiger partial charge in [0.1, 0.15) is 23.7 Å². The van der Waals surface area contributed by atoms with Gasteiger partial charge in [0, 0.05) is 22.8 Å². The number of anilines is 3. The smallest absolute Gasteiger partial charge is 0.355 e. The zero-order valence-corrected chi connectivity index (χ0v) is 19.0. The lowest BCUT2D eigenvalue weighted by Crippen LogP contribution is -2.14. The number of carboxylic acid groups (broad SMARTS) is 1.